The molecule has 0 amide bonds. The van der Waals surface area contributed by atoms with Gasteiger partial charge < -0.3 is 20.1 Å². The van der Waals surface area contributed by atoms with Crippen LogP contribution in [0.2, 0.25) is 0 Å². The molecule has 1 aliphatic heterocycles. The highest BCUT2D eigenvalue weighted by Crippen LogP contribution is 2.26. The number of hydrogen-bond donors (Lipinski definition) is 2. The van der Waals surface area contributed by atoms with E-state index < -0.39 is 15.8 Å². The number of benzene rings is 2. The van der Waals surface area contributed by atoms with E-state index in [0.717, 1.165) is 41.3 Å². The number of rotatable bonds is 7. The summed E-state index contributed by atoms with van der Waals surface area (Å²) in [6, 6.07) is 14.6. The summed E-state index contributed by atoms with van der Waals surface area (Å²) in [6.45, 7) is 5.34. The fourth-order valence-electron chi connectivity index (χ4n) is 4.56. The number of piperazine rings is 1. The van der Waals surface area contributed by atoms with E-state index in [9.17, 15) is 12.8 Å². The number of hydrogen-bond acceptors (Lipinski definition) is 7. The maximum Gasteiger partial charge on any atom is 0.232 e. The van der Waals surface area contributed by atoms with Gasteiger partial charge in [0.2, 0.25) is 16.0 Å². The van der Waals surface area contributed by atoms with Crippen molar-refractivity contribution in [3.63, 3.8) is 0 Å². The number of nitrogens with one attached hydrogen (secondary N) is 2. The smallest absolute Gasteiger partial charge is 0.232 e. The Kier molecular flexibility index (Phi) is 6.74. The van der Waals surface area contributed by atoms with E-state index >= 15 is 0 Å². The minimum absolute atomic E-state index is 0.241. The van der Waals surface area contributed by atoms with Gasteiger partial charge in [0.15, 0.2) is 0 Å². The van der Waals surface area contributed by atoms with Gasteiger partial charge in [-0.05, 0) is 61.0 Å². The molecule has 0 radical (unpaired) electrons. The van der Waals surface area contributed by atoms with Crippen LogP contribution in [0.3, 0.4) is 0 Å². The Morgan fingerprint density at radius 2 is 1.97 bits per heavy atom. The second-order valence-corrected chi connectivity index (χ2v) is 11.4. The SMILES string of the molecule is C[C@H]1CN(c2ccc(Nc3ncc4ccn(Cc5cc(F)ccc5N(C)S(C)(=O)=O)c4n3)cc2)CCN1. The highest BCUT2D eigenvalue weighted by Gasteiger charge is 2.18. The van der Waals surface area contributed by atoms with Gasteiger partial charge in [-0.15, -0.1) is 0 Å². The largest absolute Gasteiger partial charge is 0.369 e. The lowest BCUT2D eigenvalue weighted by Gasteiger charge is -2.33. The molecule has 2 N–H and O–H groups in total. The summed E-state index contributed by atoms with van der Waals surface area (Å²) in [6.07, 6.45) is 4.68. The maximum absolute atomic E-state index is 14.1. The first-order chi connectivity index (χ1) is 17.7. The molecule has 11 heteroatoms. The zero-order valence-corrected chi connectivity index (χ0v) is 21.8. The summed E-state index contributed by atoms with van der Waals surface area (Å²) in [5.74, 6) is -0.00321. The van der Waals surface area contributed by atoms with E-state index in [0.29, 0.717) is 28.9 Å². The summed E-state index contributed by atoms with van der Waals surface area (Å²) >= 11 is 0. The molecular formula is C26H30FN7O2S. The standard InChI is InChI=1S/C26H30FN7O2S/c1-18-16-33(13-11-28-18)23-7-5-22(6-8-23)30-26-29-15-19-10-12-34(25(19)31-26)17-20-14-21(27)4-9-24(20)32(2)37(3,35)36/h4-10,12,14-15,18,28H,11,13,16-17H2,1-3H3,(H,29,30,31)/t18-/m0/s1. The van der Waals surface area contributed by atoms with Crippen LogP contribution in [-0.2, 0) is 16.6 Å². The van der Waals surface area contributed by atoms with Crippen molar-refractivity contribution in [2.75, 3.05) is 47.5 Å². The topological polar surface area (TPSA) is 95.4 Å². The Morgan fingerprint density at radius 3 is 2.70 bits per heavy atom. The van der Waals surface area contributed by atoms with E-state index in [1.54, 1.807) is 6.20 Å². The average Bonchev–Trinajstić information content (AvgIpc) is 3.25. The van der Waals surface area contributed by atoms with E-state index in [1.807, 2.05) is 29.0 Å². The monoisotopic (exact) mass is 523 g/mol. The van der Waals surface area contributed by atoms with Crippen LogP contribution in [0.1, 0.15) is 12.5 Å². The molecule has 2 aromatic carbocycles. The van der Waals surface area contributed by atoms with Crippen molar-refractivity contribution in [2.45, 2.75) is 19.5 Å². The van der Waals surface area contributed by atoms with Gasteiger partial charge in [-0.2, -0.15) is 4.98 Å². The molecule has 2 aromatic heterocycles. The van der Waals surface area contributed by atoms with Crippen LogP contribution in [0.5, 0.6) is 0 Å². The van der Waals surface area contributed by atoms with Gasteiger partial charge >= 0.3 is 0 Å². The van der Waals surface area contributed by atoms with E-state index in [2.05, 4.69) is 39.6 Å². The molecule has 0 bridgehead atoms. The van der Waals surface area contributed by atoms with Gasteiger partial charge in [-0.3, -0.25) is 4.31 Å². The van der Waals surface area contributed by atoms with Crippen molar-refractivity contribution in [2.24, 2.45) is 0 Å². The predicted molar refractivity (Wildman–Crippen MR) is 146 cm³/mol. The first kappa shape index (κ1) is 25.0. The molecule has 0 unspecified atom stereocenters. The third kappa shape index (κ3) is 5.52. The Hall–Kier alpha value is -3.70. The highest BCUT2D eigenvalue weighted by molar-refractivity contribution is 7.92. The van der Waals surface area contributed by atoms with Gasteiger partial charge in [-0.1, -0.05) is 0 Å². The number of aromatic nitrogens is 3. The molecule has 0 spiro atoms. The Bertz CT molecular complexity index is 1520. The molecular weight excluding hydrogens is 493 g/mol. The van der Waals surface area contributed by atoms with Crippen LogP contribution >= 0.6 is 0 Å². The normalized spacial score (nSPS) is 16.2. The summed E-state index contributed by atoms with van der Waals surface area (Å²) in [5, 5.41) is 7.54. The molecule has 1 saturated heterocycles. The molecule has 1 atom stereocenters. The van der Waals surface area contributed by atoms with Crippen LogP contribution < -0.4 is 19.8 Å². The van der Waals surface area contributed by atoms with Crippen molar-refractivity contribution in [3.05, 3.63) is 72.3 Å². The van der Waals surface area contributed by atoms with Crippen LogP contribution in [0.4, 0.5) is 27.4 Å². The van der Waals surface area contributed by atoms with Gasteiger partial charge in [-0.25, -0.2) is 17.8 Å². The number of fused-ring (bicyclic) bond motifs is 1. The lowest BCUT2D eigenvalue weighted by molar-refractivity contribution is 0.485. The van der Waals surface area contributed by atoms with Gasteiger partial charge in [0.1, 0.15) is 11.5 Å². The zero-order valence-electron chi connectivity index (χ0n) is 21.0. The Morgan fingerprint density at radius 1 is 1.19 bits per heavy atom. The summed E-state index contributed by atoms with van der Waals surface area (Å²) in [5.41, 5.74) is 3.63. The first-order valence-electron chi connectivity index (χ1n) is 12.1. The van der Waals surface area contributed by atoms with Crippen molar-refractivity contribution < 1.29 is 12.8 Å². The lowest BCUT2D eigenvalue weighted by Crippen LogP contribution is -2.49. The lowest BCUT2D eigenvalue weighted by atomic mass is 10.1. The van der Waals surface area contributed by atoms with Crippen molar-refractivity contribution in [1.29, 1.82) is 0 Å². The minimum atomic E-state index is -3.51. The summed E-state index contributed by atoms with van der Waals surface area (Å²) in [7, 11) is -2.05. The quantitative estimate of drug-likeness (QED) is 0.383. The second-order valence-electron chi connectivity index (χ2n) is 9.39. The van der Waals surface area contributed by atoms with Crippen molar-refractivity contribution in [1.82, 2.24) is 19.9 Å². The molecule has 0 aliphatic carbocycles. The number of nitrogens with zero attached hydrogens (tertiary/aromatic N) is 5. The van der Waals surface area contributed by atoms with Crippen molar-refractivity contribution >= 4 is 44.1 Å². The van der Waals surface area contributed by atoms with Gasteiger partial charge in [0.25, 0.3) is 0 Å². The fourth-order valence-corrected chi connectivity index (χ4v) is 5.10. The van der Waals surface area contributed by atoms with Crippen LogP contribution in [-0.4, -0.2) is 61.9 Å². The van der Waals surface area contributed by atoms with E-state index in [4.69, 9.17) is 4.98 Å². The fraction of sp³-hybridized carbons (Fsp3) is 0.308. The molecule has 5 rings (SSSR count). The van der Waals surface area contributed by atoms with Crippen molar-refractivity contribution in [3.8, 4) is 0 Å². The second kappa shape index (κ2) is 9.98. The molecule has 9 nitrogen and oxygen atoms in total. The molecule has 1 aliphatic rings. The minimum Gasteiger partial charge on any atom is -0.369 e. The number of anilines is 4. The number of sulfonamides is 1. The Balaban J connectivity index is 1.38. The molecule has 3 heterocycles. The van der Waals surface area contributed by atoms with E-state index in [1.165, 1.54) is 30.9 Å². The van der Waals surface area contributed by atoms with Crippen LogP contribution in [0.25, 0.3) is 11.0 Å². The van der Waals surface area contributed by atoms with Gasteiger partial charge in [0.05, 0.1) is 18.5 Å². The zero-order chi connectivity index (χ0) is 26.2. The first-order valence-corrected chi connectivity index (χ1v) is 13.9. The summed E-state index contributed by atoms with van der Waals surface area (Å²) in [4.78, 5) is 11.5. The predicted octanol–water partition coefficient (Wildman–Crippen LogP) is 3.56. The average molecular weight is 524 g/mol. The third-order valence-corrected chi connectivity index (χ3v) is 7.77. The summed E-state index contributed by atoms with van der Waals surface area (Å²) < 4.78 is 41.3. The molecule has 0 saturated carbocycles. The molecule has 1 fully saturated rings. The Labute approximate surface area is 216 Å². The van der Waals surface area contributed by atoms with E-state index in [-0.39, 0.29) is 6.54 Å². The van der Waals surface area contributed by atoms with Crippen LogP contribution in [0, 0.1) is 5.82 Å². The number of halogens is 1. The highest BCUT2D eigenvalue weighted by atomic mass is 32.2. The van der Waals surface area contributed by atoms with Gasteiger partial charge in [0, 0.05) is 61.9 Å². The molecule has 194 valence electrons. The molecule has 37 heavy (non-hydrogen) atoms. The van der Waals surface area contributed by atoms with Crippen LogP contribution in [0.15, 0.2) is 60.9 Å². The third-order valence-electron chi connectivity index (χ3n) is 6.58. The molecule has 4 aromatic rings. The maximum atomic E-state index is 14.1.